The Morgan fingerprint density at radius 2 is 2.00 bits per heavy atom. The Kier molecular flexibility index (Phi) is 4.90. The van der Waals surface area contributed by atoms with E-state index in [0.717, 1.165) is 0 Å². The van der Waals surface area contributed by atoms with Gasteiger partial charge in [-0.3, -0.25) is 4.79 Å². The quantitative estimate of drug-likeness (QED) is 0.879. The third kappa shape index (κ3) is 4.26. The number of ether oxygens (including phenoxy) is 1. The number of aromatic nitrogens is 2. The Morgan fingerprint density at radius 1 is 1.26 bits per heavy atom. The third-order valence-electron chi connectivity index (χ3n) is 2.85. The maximum absolute atomic E-state index is 12.3. The molecule has 0 unspecified atom stereocenters. The van der Waals surface area contributed by atoms with Crippen LogP contribution >= 0.6 is 0 Å². The van der Waals surface area contributed by atoms with Crippen molar-refractivity contribution in [1.82, 2.24) is 9.97 Å². The Balaban J connectivity index is 2.33. The minimum absolute atomic E-state index is 0.0512. The normalized spacial score (nSPS) is 10.4. The highest BCUT2D eigenvalue weighted by Crippen LogP contribution is 2.27. The summed E-state index contributed by atoms with van der Waals surface area (Å²) < 4.78 is 5.60. The fourth-order valence-electron chi connectivity index (χ4n) is 1.89. The minimum atomic E-state index is -1.09. The van der Waals surface area contributed by atoms with Crippen LogP contribution in [0.15, 0.2) is 30.5 Å². The van der Waals surface area contributed by atoms with Crippen molar-refractivity contribution in [1.29, 1.82) is 0 Å². The molecule has 0 saturated carbocycles. The Bertz CT molecular complexity index is 744. The number of amides is 1. The van der Waals surface area contributed by atoms with Crippen molar-refractivity contribution in [3.8, 4) is 5.75 Å². The van der Waals surface area contributed by atoms with E-state index in [1.807, 2.05) is 13.8 Å². The minimum Gasteiger partial charge on any atom is -0.489 e. The van der Waals surface area contributed by atoms with Crippen molar-refractivity contribution in [2.24, 2.45) is 0 Å². The molecule has 2 rings (SSSR count). The van der Waals surface area contributed by atoms with Crippen molar-refractivity contribution < 1.29 is 19.4 Å². The first-order chi connectivity index (χ1) is 10.9. The molecule has 0 fully saturated rings. The first-order valence-electron chi connectivity index (χ1n) is 7.02. The summed E-state index contributed by atoms with van der Waals surface area (Å²) in [6.07, 6.45) is 1.36. The monoisotopic (exact) mass is 315 g/mol. The number of carbonyl (C=O) groups excluding carboxylic acids is 1. The fraction of sp³-hybridized carbons (Fsp3) is 0.250. The maximum atomic E-state index is 12.3. The molecule has 1 amide bonds. The number of anilines is 1. The summed E-state index contributed by atoms with van der Waals surface area (Å²) in [6.45, 7) is 5.35. The second-order valence-electron chi connectivity index (χ2n) is 5.13. The number of aromatic carboxylic acids is 1. The molecule has 0 spiro atoms. The van der Waals surface area contributed by atoms with Crippen LogP contribution in [0.3, 0.4) is 0 Å². The molecule has 0 aliphatic heterocycles. The molecule has 2 aromatic rings. The van der Waals surface area contributed by atoms with E-state index in [1.165, 1.54) is 30.5 Å². The van der Waals surface area contributed by atoms with E-state index < -0.39 is 11.9 Å². The molecule has 1 heterocycles. The van der Waals surface area contributed by atoms with Gasteiger partial charge in [-0.25, -0.2) is 14.8 Å². The molecule has 7 heteroatoms. The van der Waals surface area contributed by atoms with Crippen LogP contribution < -0.4 is 10.1 Å². The number of carboxylic acid groups (broad SMARTS) is 1. The number of carboxylic acids is 1. The van der Waals surface area contributed by atoms with Gasteiger partial charge in [0.2, 0.25) is 0 Å². The Hall–Kier alpha value is -2.96. The van der Waals surface area contributed by atoms with Crippen molar-refractivity contribution in [2.75, 3.05) is 5.32 Å². The maximum Gasteiger partial charge on any atom is 0.335 e. The van der Waals surface area contributed by atoms with Gasteiger partial charge in [0.05, 0.1) is 17.4 Å². The molecule has 0 aliphatic carbocycles. The average Bonchev–Trinajstić information content (AvgIpc) is 2.48. The van der Waals surface area contributed by atoms with E-state index in [9.17, 15) is 9.59 Å². The van der Waals surface area contributed by atoms with Gasteiger partial charge in [-0.05, 0) is 45.0 Å². The molecule has 7 nitrogen and oxygen atoms in total. The summed E-state index contributed by atoms with van der Waals surface area (Å²) >= 11 is 0. The summed E-state index contributed by atoms with van der Waals surface area (Å²) in [5, 5.41) is 11.7. The lowest BCUT2D eigenvalue weighted by Crippen LogP contribution is -2.17. The van der Waals surface area contributed by atoms with Crippen LogP contribution in [-0.4, -0.2) is 33.1 Å². The highest BCUT2D eigenvalue weighted by Gasteiger charge is 2.15. The fourth-order valence-corrected chi connectivity index (χ4v) is 1.89. The van der Waals surface area contributed by atoms with Crippen LogP contribution in [0.1, 0.15) is 40.5 Å². The van der Waals surface area contributed by atoms with E-state index in [-0.39, 0.29) is 23.0 Å². The smallest absolute Gasteiger partial charge is 0.335 e. The number of benzene rings is 1. The molecule has 2 N–H and O–H groups in total. The third-order valence-corrected chi connectivity index (χ3v) is 2.85. The van der Waals surface area contributed by atoms with Gasteiger partial charge in [0.15, 0.2) is 0 Å². The Morgan fingerprint density at radius 3 is 2.61 bits per heavy atom. The molecule has 0 aliphatic rings. The van der Waals surface area contributed by atoms with Crippen molar-refractivity contribution in [3.05, 3.63) is 47.5 Å². The van der Waals surface area contributed by atoms with E-state index in [2.05, 4.69) is 15.3 Å². The van der Waals surface area contributed by atoms with Crippen molar-refractivity contribution in [2.45, 2.75) is 26.9 Å². The van der Waals surface area contributed by atoms with Gasteiger partial charge in [-0.1, -0.05) is 0 Å². The van der Waals surface area contributed by atoms with Crippen LogP contribution in [0.5, 0.6) is 5.75 Å². The lowest BCUT2D eigenvalue weighted by atomic mass is 10.1. The Labute approximate surface area is 133 Å². The van der Waals surface area contributed by atoms with Gasteiger partial charge in [0, 0.05) is 6.20 Å². The van der Waals surface area contributed by atoms with Crippen LogP contribution in [0.25, 0.3) is 0 Å². The number of aryl methyl sites for hydroxylation is 1. The number of nitrogens with one attached hydrogen (secondary N) is 1. The molecule has 0 atom stereocenters. The van der Waals surface area contributed by atoms with E-state index in [0.29, 0.717) is 11.6 Å². The summed E-state index contributed by atoms with van der Waals surface area (Å²) in [6, 6.07) is 5.77. The highest BCUT2D eigenvalue weighted by atomic mass is 16.5. The van der Waals surface area contributed by atoms with Crippen LogP contribution in [0.4, 0.5) is 5.69 Å². The molecular weight excluding hydrogens is 298 g/mol. The largest absolute Gasteiger partial charge is 0.489 e. The number of carbonyl (C=O) groups is 2. The van der Waals surface area contributed by atoms with E-state index in [4.69, 9.17) is 9.84 Å². The topological polar surface area (TPSA) is 101 Å². The molecule has 0 saturated heterocycles. The molecule has 0 radical (unpaired) electrons. The first kappa shape index (κ1) is 16.4. The zero-order valence-corrected chi connectivity index (χ0v) is 13.0. The molecule has 23 heavy (non-hydrogen) atoms. The van der Waals surface area contributed by atoms with Crippen LogP contribution in [-0.2, 0) is 0 Å². The first-order valence-corrected chi connectivity index (χ1v) is 7.02. The van der Waals surface area contributed by atoms with Gasteiger partial charge < -0.3 is 15.2 Å². The van der Waals surface area contributed by atoms with Gasteiger partial charge in [0.25, 0.3) is 5.91 Å². The van der Waals surface area contributed by atoms with Crippen LogP contribution in [0, 0.1) is 6.92 Å². The zero-order chi connectivity index (χ0) is 17.0. The molecule has 1 aromatic heterocycles. The summed E-state index contributed by atoms with van der Waals surface area (Å²) in [4.78, 5) is 31.4. The second kappa shape index (κ2) is 6.87. The number of rotatable bonds is 5. The van der Waals surface area contributed by atoms with E-state index >= 15 is 0 Å². The van der Waals surface area contributed by atoms with Crippen molar-refractivity contribution in [3.63, 3.8) is 0 Å². The van der Waals surface area contributed by atoms with Crippen LogP contribution in [0.2, 0.25) is 0 Å². The van der Waals surface area contributed by atoms with E-state index in [1.54, 1.807) is 6.92 Å². The highest BCUT2D eigenvalue weighted by molar-refractivity contribution is 6.04. The number of hydrogen-bond donors (Lipinski definition) is 2. The molecule has 120 valence electrons. The predicted octanol–water partition coefficient (Wildman–Crippen LogP) is 2.52. The SMILES string of the molecule is Cc1nccc(C(=O)Nc2cc(C(=O)O)ccc2OC(C)C)n1. The van der Waals surface area contributed by atoms with Crippen molar-refractivity contribution >= 4 is 17.6 Å². The predicted molar refractivity (Wildman–Crippen MR) is 83.9 cm³/mol. The molecule has 1 aromatic carbocycles. The molecular formula is C16H17N3O4. The summed E-state index contributed by atoms with van der Waals surface area (Å²) in [5.41, 5.74) is 0.517. The summed E-state index contributed by atoms with van der Waals surface area (Å²) in [7, 11) is 0. The summed E-state index contributed by atoms with van der Waals surface area (Å²) in [5.74, 6) is -0.694. The van der Waals surface area contributed by atoms with Gasteiger partial charge in [-0.15, -0.1) is 0 Å². The zero-order valence-electron chi connectivity index (χ0n) is 13.0. The standard InChI is InChI=1S/C16H17N3O4/c1-9(2)23-14-5-4-11(16(21)22)8-13(14)19-15(20)12-6-7-17-10(3)18-12/h4-9H,1-3H3,(H,19,20)(H,21,22). The lowest BCUT2D eigenvalue weighted by molar-refractivity contribution is 0.0696. The van der Waals surface area contributed by atoms with Gasteiger partial charge in [-0.2, -0.15) is 0 Å². The number of nitrogens with zero attached hydrogens (tertiary/aromatic N) is 2. The average molecular weight is 315 g/mol. The number of hydrogen-bond acceptors (Lipinski definition) is 5. The molecule has 0 bridgehead atoms. The second-order valence-corrected chi connectivity index (χ2v) is 5.13. The lowest BCUT2D eigenvalue weighted by Gasteiger charge is -2.15. The van der Waals surface area contributed by atoms with Gasteiger partial charge >= 0.3 is 5.97 Å². The van der Waals surface area contributed by atoms with Gasteiger partial charge in [0.1, 0.15) is 17.3 Å².